The zero-order chi connectivity index (χ0) is 28.8. The van der Waals surface area contributed by atoms with Gasteiger partial charge in [0.25, 0.3) is 5.56 Å². The summed E-state index contributed by atoms with van der Waals surface area (Å²) in [4.78, 5) is 55.0. The molecule has 0 unspecified atom stereocenters. The van der Waals surface area contributed by atoms with Crippen LogP contribution in [0, 0.1) is 6.92 Å². The molecule has 2 aliphatic rings. The van der Waals surface area contributed by atoms with Gasteiger partial charge in [0.1, 0.15) is 11.6 Å². The lowest BCUT2D eigenvalue weighted by molar-refractivity contribution is 0.103. The number of carbonyl (C=O) groups is 2. The molecule has 4 heterocycles. The fraction of sp³-hybridized carbons (Fsp3) is 0.345. The number of hydrogen-bond donors (Lipinski definition) is 2. The Morgan fingerprint density at radius 3 is 2.61 bits per heavy atom. The molecule has 2 aliphatic heterocycles. The van der Waals surface area contributed by atoms with Crippen molar-refractivity contribution in [1.29, 1.82) is 0 Å². The van der Waals surface area contributed by atoms with Crippen LogP contribution in [0.3, 0.4) is 0 Å². The number of methoxy groups -OCH3 is 1. The lowest BCUT2D eigenvalue weighted by Gasteiger charge is -2.38. The number of amides is 2. The molecule has 2 N–H and O–H groups in total. The van der Waals surface area contributed by atoms with Gasteiger partial charge in [-0.15, -0.1) is 0 Å². The van der Waals surface area contributed by atoms with Crippen molar-refractivity contribution in [1.82, 2.24) is 19.7 Å². The summed E-state index contributed by atoms with van der Waals surface area (Å²) < 4.78 is 12.0. The molecule has 12 nitrogen and oxygen atoms in total. The van der Waals surface area contributed by atoms with Gasteiger partial charge in [0, 0.05) is 44.0 Å². The number of carbonyl (C=O) groups excluding carboxylic acids is 2. The Morgan fingerprint density at radius 2 is 1.85 bits per heavy atom. The number of H-pyrrole nitrogens is 1. The Labute approximate surface area is 234 Å². The van der Waals surface area contributed by atoms with E-state index in [-0.39, 0.29) is 28.8 Å². The predicted octanol–water partition coefficient (Wildman–Crippen LogP) is 2.82. The Kier molecular flexibility index (Phi) is 6.60. The lowest BCUT2D eigenvalue weighted by atomic mass is 10.0. The van der Waals surface area contributed by atoms with E-state index in [0.717, 1.165) is 23.4 Å². The van der Waals surface area contributed by atoms with E-state index in [1.165, 1.54) is 16.7 Å². The fourth-order valence-electron chi connectivity index (χ4n) is 5.83. The first-order chi connectivity index (χ1) is 19.7. The van der Waals surface area contributed by atoms with Crippen LogP contribution in [0.15, 0.2) is 50.4 Å². The van der Waals surface area contributed by atoms with Crippen LogP contribution in [0.2, 0.25) is 0 Å². The number of nitrogens with zero attached hydrogens (tertiary/aromatic N) is 4. The van der Waals surface area contributed by atoms with Crippen molar-refractivity contribution in [2.45, 2.75) is 32.2 Å². The first-order valence-corrected chi connectivity index (χ1v) is 13.5. The highest BCUT2D eigenvalue weighted by Gasteiger charge is 2.31. The molecule has 6 rings (SSSR count). The van der Waals surface area contributed by atoms with E-state index in [9.17, 15) is 19.2 Å². The number of aryl methyl sites for hydroxylation is 2. The van der Waals surface area contributed by atoms with Crippen molar-refractivity contribution in [3.8, 4) is 5.75 Å². The fourth-order valence-corrected chi connectivity index (χ4v) is 5.83. The third kappa shape index (κ3) is 4.75. The Hall–Kier alpha value is -4.87. The van der Waals surface area contributed by atoms with Gasteiger partial charge in [-0.1, -0.05) is 0 Å². The second kappa shape index (κ2) is 10.3. The van der Waals surface area contributed by atoms with Gasteiger partial charge in [0.15, 0.2) is 11.4 Å². The second-order valence-corrected chi connectivity index (χ2v) is 10.5. The van der Waals surface area contributed by atoms with E-state index in [2.05, 4.69) is 15.5 Å². The molecule has 0 aliphatic carbocycles. The molecule has 0 bridgehead atoms. The summed E-state index contributed by atoms with van der Waals surface area (Å²) in [5.41, 5.74) is 3.01. The maximum atomic E-state index is 13.4. The number of fused-ring (bicyclic) bond motifs is 2. The van der Waals surface area contributed by atoms with Crippen molar-refractivity contribution in [2.24, 2.45) is 7.05 Å². The highest BCUT2D eigenvalue weighted by atomic mass is 16.5. The van der Waals surface area contributed by atoms with Crippen molar-refractivity contribution in [3.63, 3.8) is 0 Å². The molecular formula is C29H30N6O6. The Morgan fingerprint density at radius 1 is 1.07 bits per heavy atom. The van der Waals surface area contributed by atoms with Crippen LogP contribution in [0.25, 0.3) is 11.1 Å². The highest BCUT2D eigenvalue weighted by molar-refractivity contribution is 6.10. The minimum Gasteiger partial charge on any atom is -0.497 e. The SMILES string of the molecule is COc1ccc2c(c1)CCN(C1CCN(c3cc(C(=O)c4cc(C)c5c(c4)oc(=O)n5C)c(=O)[nH]n3)CC1)C(=O)N2. The van der Waals surface area contributed by atoms with Crippen molar-refractivity contribution < 1.29 is 18.7 Å². The van der Waals surface area contributed by atoms with Crippen LogP contribution in [0.4, 0.5) is 16.3 Å². The second-order valence-electron chi connectivity index (χ2n) is 10.5. The summed E-state index contributed by atoms with van der Waals surface area (Å²) in [7, 11) is 3.22. The van der Waals surface area contributed by atoms with Crippen molar-refractivity contribution in [2.75, 3.05) is 37.0 Å². The summed E-state index contributed by atoms with van der Waals surface area (Å²) in [6, 6.07) is 10.2. The standard InChI is InChI=1S/C29H30N6O6/c1-16-12-18(14-23-25(16)33(2)29(39)41-23)26(36)21-15-24(31-32-27(21)37)34-9-7-19(8-10-34)35-11-6-17-13-20(40-3)4-5-22(17)30-28(35)38/h4-5,12-15,19H,6-11H2,1-3H3,(H,30,38)(H,32,37). The van der Waals surface area contributed by atoms with E-state index in [1.54, 1.807) is 27.1 Å². The molecule has 41 heavy (non-hydrogen) atoms. The van der Waals surface area contributed by atoms with Gasteiger partial charge in [0.05, 0.1) is 18.2 Å². The zero-order valence-electron chi connectivity index (χ0n) is 23.0. The van der Waals surface area contributed by atoms with Crippen LogP contribution in [-0.4, -0.2) is 64.3 Å². The maximum Gasteiger partial charge on any atom is 0.419 e. The first kappa shape index (κ1) is 26.4. The monoisotopic (exact) mass is 558 g/mol. The molecule has 0 saturated carbocycles. The molecule has 2 aromatic carbocycles. The smallest absolute Gasteiger partial charge is 0.419 e. The number of oxazole rings is 1. The molecule has 2 aromatic heterocycles. The number of aromatic amines is 1. The third-order valence-corrected chi connectivity index (χ3v) is 8.04. The number of ketones is 1. The molecule has 1 fully saturated rings. The van der Waals surface area contributed by atoms with Gasteiger partial charge in [-0.2, -0.15) is 5.10 Å². The van der Waals surface area contributed by atoms with E-state index in [4.69, 9.17) is 9.15 Å². The molecule has 4 aromatic rings. The molecule has 0 atom stereocenters. The third-order valence-electron chi connectivity index (χ3n) is 8.04. The van der Waals surface area contributed by atoms with Gasteiger partial charge < -0.3 is 24.3 Å². The van der Waals surface area contributed by atoms with E-state index < -0.39 is 17.1 Å². The number of anilines is 2. The average molecular weight is 559 g/mol. The summed E-state index contributed by atoms with van der Waals surface area (Å²) in [6.07, 6.45) is 2.14. The van der Waals surface area contributed by atoms with Gasteiger partial charge >= 0.3 is 11.8 Å². The van der Waals surface area contributed by atoms with Gasteiger partial charge in [0.2, 0.25) is 0 Å². The van der Waals surface area contributed by atoms with E-state index >= 15 is 0 Å². The number of nitrogens with one attached hydrogen (secondary N) is 2. The molecular weight excluding hydrogens is 528 g/mol. The van der Waals surface area contributed by atoms with Gasteiger partial charge in [-0.25, -0.2) is 14.7 Å². The van der Waals surface area contributed by atoms with E-state index in [1.807, 2.05) is 28.0 Å². The average Bonchev–Trinajstić information content (AvgIpc) is 3.16. The zero-order valence-corrected chi connectivity index (χ0v) is 23.0. The van der Waals surface area contributed by atoms with E-state index in [0.29, 0.717) is 49.4 Å². The quantitative estimate of drug-likeness (QED) is 0.356. The highest BCUT2D eigenvalue weighted by Crippen LogP contribution is 2.29. The number of urea groups is 1. The first-order valence-electron chi connectivity index (χ1n) is 13.5. The van der Waals surface area contributed by atoms with Crippen LogP contribution in [-0.2, 0) is 13.5 Å². The van der Waals surface area contributed by atoms with Gasteiger partial charge in [-0.3, -0.25) is 14.2 Å². The largest absolute Gasteiger partial charge is 0.497 e. The lowest BCUT2D eigenvalue weighted by Crippen LogP contribution is -2.49. The number of hydrogen-bond acceptors (Lipinski definition) is 8. The van der Waals surface area contributed by atoms with Crippen LogP contribution in [0.5, 0.6) is 5.75 Å². The number of piperidine rings is 1. The van der Waals surface area contributed by atoms with Crippen molar-refractivity contribution in [3.05, 3.63) is 79.6 Å². The Balaban J connectivity index is 1.17. The molecule has 2 amide bonds. The maximum absolute atomic E-state index is 13.4. The molecule has 0 radical (unpaired) electrons. The predicted molar refractivity (Wildman–Crippen MR) is 152 cm³/mol. The molecule has 12 heteroatoms. The summed E-state index contributed by atoms with van der Waals surface area (Å²) in [5, 5.41) is 9.69. The normalized spacial score (nSPS) is 15.9. The van der Waals surface area contributed by atoms with Crippen LogP contribution in [0.1, 0.15) is 39.9 Å². The molecule has 1 saturated heterocycles. The van der Waals surface area contributed by atoms with Crippen molar-refractivity contribution >= 4 is 34.4 Å². The topological polar surface area (TPSA) is 143 Å². The Bertz CT molecular complexity index is 1800. The van der Waals surface area contributed by atoms with Crippen LogP contribution < -0.4 is 26.3 Å². The number of ether oxygens (including phenoxy) is 1. The summed E-state index contributed by atoms with van der Waals surface area (Å²) >= 11 is 0. The minimum absolute atomic E-state index is 0.0431. The number of benzene rings is 2. The summed E-state index contributed by atoms with van der Waals surface area (Å²) in [6.45, 7) is 3.57. The van der Waals surface area contributed by atoms with Crippen LogP contribution >= 0.6 is 0 Å². The minimum atomic E-state index is -0.599. The summed E-state index contributed by atoms with van der Waals surface area (Å²) in [5.74, 6) is 0.227. The molecule has 212 valence electrons. The van der Waals surface area contributed by atoms with Gasteiger partial charge in [-0.05, 0) is 73.7 Å². The molecule has 0 spiro atoms. The number of rotatable bonds is 5. The number of aromatic nitrogens is 3.